The highest BCUT2D eigenvalue weighted by molar-refractivity contribution is 7.99. The van der Waals surface area contributed by atoms with Crippen molar-refractivity contribution in [3.8, 4) is 0 Å². The average molecular weight is 267 g/mol. The van der Waals surface area contributed by atoms with Crippen molar-refractivity contribution in [1.82, 2.24) is 5.32 Å². The Bertz CT molecular complexity index is 305. The van der Waals surface area contributed by atoms with Crippen LogP contribution in [0, 0.1) is 0 Å². The van der Waals surface area contributed by atoms with Crippen LogP contribution in [0.5, 0.6) is 0 Å². The number of ether oxygens (including phenoxy) is 1. The number of rotatable bonds is 9. The van der Waals surface area contributed by atoms with Crippen LogP contribution in [0.1, 0.15) is 31.9 Å². The molecule has 0 spiro atoms. The molecule has 0 saturated heterocycles. The van der Waals surface area contributed by atoms with Crippen molar-refractivity contribution in [3.05, 3.63) is 35.9 Å². The highest BCUT2D eigenvalue weighted by Gasteiger charge is 2.20. The Morgan fingerprint density at radius 1 is 1.22 bits per heavy atom. The molecule has 18 heavy (non-hydrogen) atoms. The summed E-state index contributed by atoms with van der Waals surface area (Å²) >= 11 is 2.00. The van der Waals surface area contributed by atoms with Crippen LogP contribution in [0.3, 0.4) is 0 Å². The standard InChI is InChI=1S/C15H25NOS/c1-4-14(18-12-11-17-3)15(16-5-2)13-9-7-6-8-10-13/h6-10,14-16H,4-5,11-12H2,1-3H3. The zero-order valence-electron chi connectivity index (χ0n) is 11.7. The molecule has 0 saturated carbocycles. The summed E-state index contributed by atoms with van der Waals surface area (Å²) in [5, 5.41) is 4.21. The third-order valence-electron chi connectivity index (χ3n) is 2.98. The Balaban J connectivity index is 2.68. The lowest BCUT2D eigenvalue weighted by atomic mass is 10.0. The molecule has 0 aromatic heterocycles. The Morgan fingerprint density at radius 3 is 2.50 bits per heavy atom. The molecule has 0 bridgehead atoms. The summed E-state index contributed by atoms with van der Waals surface area (Å²) in [7, 11) is 1.76. The molecule has 0 fully saturated rings. The van der Waals surface area contributed by atoms with E-state index in [0.717, 1.165) is 18.9 Å². The third-order valence-corrected chi connectivity index (χ3v) is 4.41. The maximum Gasteiger partial charge on any atom is 0.0553 e. The third kappa shape index (κ3) is 5.01. The molecule has 1 aromatic carbocycles. The second-order valence-corrected chi connectivity index (χ2v) is 5.60. The lowest BCUT2D eigenvalue weighted by Gasteiger charge is -2.27. The lowest BCUT2D eigenvalue weighted by molar-refractivity contribution is 0.218. The summed E-state index contributed by atoms with van der Waals surface area (Å²) in [6.07, 6.45) is 1.17. The Morgan fingerprint density at radius 2 is 1.94 bits per heavy atom. The first-order valence-electron chi connectivity index (χ1n) is 6.72. The fourth-order valence-corrected chi connectivity index (χ4v) is 3.32. The van der Waals surface area contributed by atoms with E-state index in [9.17, 15) is 0 Å². The Labute approximate surface area is 116 Å². The maximum atomic E-state index is 5.14. The SMILES string of the molecule is CCNC(c1ccccc1)C(CC)SCCOC. The van der Waals surface area contributed by atoms with Crippen LogP contribution in [0.2, 0.25) is 0 Å². The average Bonchev–Trinajstić information content (AvgIpc) is 2.43. The van der Waals surface area contributed by atoms with Crippen LogP contribution in [0.4, 0.5) is 0 Å². The van der Waals surface area contributed by atoms with Crippen LogP contribution >= 0.6 is 11.8 Å². The van der Waals surface area contributed by atoms with Gasteiger partial charge in [-0.15, -0.1) is 0 Å². The molecule has 102 valence electrons. The van der Waals surface area contributed by atoms with Gasteiger partial charge in [0.1, 0.15) is 0 Å². The van der Waals surface area contributed by atoms with Crippen LogP contribution < -0.4 is 5.32 Å². The quantitative estimate of drug-likeness (QED) is 0.692. The van der Waals surface area contributed by atoms with E-state index in [1.54, 1.807) is 7.11 Å². The van der Waals surface area contributed by atoms with Gasteiger partial charge in [0.05, 0.1) is 6.61 Å². The van der Waals surface area contributed by atoms with E-state index >= 15 is 0 Å². The Kier molecular flexibility index (Phi) is 8.14. The second-order valence-electron chi connectivity index (χ2n) is 4.26. The molecule has 3 heteroatoms. The topological polar surface area (TPSA) is 21.3 Å². The first-order chi connectivity index (χ1) is 8.83. The van der Waals surface area contributed by atoms with Gasteiger partial charge in [0.2, 0.25) is 0 Å². The predicted octanol–water partition coefficient (Wildman–Crippen LogP) is 3.50. The van der Waals surface area contributed by atoms with Crippen molar-refractivity contribution in [2.75, 3.05) is 26.0 Å². The maximum absolute atomic E-state index is 5.14. The summed E-state index contributed by atoms with van der Waals surface area (Å²) in [6, 6.07) is 11.2. The minimum absolute atomic E-state index is 0.433. The molecule has 0 heterocycles. The molecule has 1 aromatic rings. The number of methoxy groups -OCH3 is 1. The van der Waals surface area contributed by atoms with Gasteiger partial charge in [-0.1, -0.05) is 44.2 Å². The number of benzene rings is 1. The van der Waals surface area contributed by atoms with Gasteiger partial charge in [-0.3, -0.25) is 0 Å². The minimum Gasteiger partial charge on any atom is -0.384 e. The number of hydrogen-bond acceptors (Lipinski definition) is 3. The molecule has 2 atom stereocenters. The normalized spacial score (nSPS) is 14.4. The van der Waals surface area contributed by atoms with E-state index in [2.05, 4.69) is 49.5 Å². The van der Waals surface area contributed by atoms with Gasteiger partial charge >= 0.3 is 0 Å². The van der Waals surface area contributed by atoms with Gasteiger partial charge in [0.15, 0.2) is 0 Å². The molecular formula is C15H25NOS. The summed E-state index contributed by atoms with van der Waals surface area (Å²) in [4.78, 5) is 0. The van der Waals surface area contributed by atoms with Crippen LogP contribution in [-0.2, 0) is 4.74 Å². The van der Waals surface area contributed by atoms with E-state index < -0.39 is 0 Å². The molecular weight excluding hydrogens is 242 g/mol. The summed E-state index contributed by atoms with van der Waals surface area (Å²) < 4.78 is 5.14. The molecule has 0 amide bonds. The molecule has 0 aliphatic rings. The monoisotopic (exact) mass is 267 g/mol. The summed E-state index contributed by atoms with van der Waals surface area (Å²) in [5.41, 5.74) is 1.39. The predicted molar refractivity (Wildman–Crippen MR) is 81.3 cm³/mol. The highest BCUT2D eigenvalue weighted by Crippen LogP contribution is 2.29. The zero-order valence-corrected chi connectivity index (χ0v) is 12.5. The van der Waals surface area contributed by atoms with Gasteiger partial charge in [-0.05, 0) is 18.5 Å². The van der Waals surface area contributed by atoms with Crippen molar-refractivity contribution in [1.29, 1.82) is 0 Å². The molecule has 1 rings (SSSR count). The van der Waals surface area contributed by atoms with Crippen molar-refractivity contribution in [2.45, 2.75) is 31.6 Å². The van der Waals surface area contributed by atoms with Gasteiger partial charge < -0.3 is 10.1 Å². The van der Waals surface area contributed by atoms with Gasteiger partial charge in [-0.2, -0.15) is 11.8 Å². The minimum atomic E-state index is 0.433. The van der Waals surface area contributed by atoms with E-state index in [-0.39, 0.29) is 0 Å². The fraction of sp³-hybridized carbons (Fsp3) is 0.600. The van der Waals surface area contributed by atoms with Crippen LogP contribution in [-0.4, -0.2) is 31.3 Å². The first kappa shape index (κ1) is 15.5. The zero-order chi connectivity index (χ0) is 13.2. The Hall–Kier alpha value is -0.510. The van der Waals surface area contributed by atoms with E-state index in [4.69, 9.17) is 4.74 Å². The largest absolute Gasteiger partial charge is 0.384 e. The molecule has 0 radical (unpaired) electrons. The van der Waals surface area contributed by atoms with E-state index in [0.29, 0.717) is 11.3 Å². The molecule has 2 nitrogen and oxygen atoms in total. The molecule has 0 aliphatic carbocycles. The number of hydrogen-bond donors (Lipinski definition) is 1. The second kappa shape index (κ2) is 9.42. The number of thioether (sulfide) groups is 1. The van der Waals surface area contributed by atoms with Crippen molar-refractivity contribution in [2.24, 2.45) is 0 Å². The highest BCUT2D eigenvalue weighted by atomic mass is 32.2. The molecule has 1 N–H and O–H groups in total. The van der Waals surface area contributed by atoms with Crippen LogP contribution in [0.25, 0.3) is 0 Å². The van der Waals surface area contributed by atoms with Crippen molar-refractivity contribution < 1.29 is 4.74 Å². The van der Waals surface area contributed by atoms with Crippen LogP contribution in [0.15, 0.2) is 30.3 Å². The first-order valence-corrected chi connectivity index (χ1v) is 7.77. The van der Waals surface area contributed by atoms with Crippen molar-refractivity contribution in [3.63, 3.8) is 0 Å². The number of nitrogens with one attached hydrogen (secondary N) is 1. The smallest absolute Gasteiger partial charge is 0.0553 e. The van der Waals surface area contributed by atoms with Gasteiger partial charge in [0, 0.05) is 24.2 Å². The van der Waals surface area contributed by atoms with E-state index in [1.807, 2.05) is 11.8 Å². The summed E-state index contributed by atoms with van der Waals surface area (Å²) in [6.45, 7) is 6.26. The lowest BCUT2D eigenvalue weighted by Crippen LogP contribution is -2.30. The summed E-state index contributed by atoms with van der Waals surface area (Å²) in [5.74, 6) is 1.06. The van der Waals surface area contributed by atoms with Gasteiger partial charge in [0.25, 0.3) is 0 Å². The molecule has 2 unspecified atom stereocenters. The van der Waals surface area contributed by atoms with Gasteiger partial charge in [-0.25, -0.2) is 0 Å². The van der Waals surface area contributed by atoms with E-state index in [1.165, 1.54) is 12.0 Å². The fourth-order valence-electron chi connectivity index (χ4n) is 2.08. The van der Waals surface area contributed by atoms with Crippen molar-refractivity contribution >= 4 is 11.8 Å². The molecule has 0 aliphatic heterocycles.